The highest BCUT2D eigenvalue weighted by atomic mass is 32.2. The second-order valence-electron chi connectivity index (χ2n) is 4.62. The van der Waals surface area contributed by atoms with E-state index in [-0.39, 0.29) is 0 Å². The fourth-order valence-electron chi connectivity index (χ4n) is 2.32. The molecule has 0 amide bonds. The predicted octanol–water partition coefficient (Wildman–Crippen LogP) is 2.48. The van der Waals surface area contributed by atoms with Crippen LogP contribution in [0.15, 0.2) is 24.5 Å². The van der Waals surface area contributed by atoms with Crippen molar-refractivity contribution in [2.75, 3.05) is 11.5 Å². The Morgan fingerprint density at radius 3 is 2.94 bits per heavy atom. The third-order valence-electron chi connectivity index (χ3n) is 3.20. The number of nitrogens with zero attached hydrogens (tertiary/aromatic N) is 1. The van der Waals surface area contributed by atoms with Crippen molar-refractivity contribution in [3.05, 3.63) is 30.1 Å². The van der Waals surface area contributed by atoms with Gasteiger partial charge in [-0.3, -0.25) is 4.98 Å². The normalized spacial score (nSPS) is 19.6. The van der Waals surface area contributed by atoms with E-state index >= 15 is 0 Å². The van der Waals surface area contributed by atoms with E-state index in [1.807, 2.05) is 18.5 Å². The summed E-state index contributed by atoms with van der Waals surface area (Å²) < 4.78 is 0. The summed E-state index contributed by atoms with van der Waals surface area (Å²) in [5.41, 5.74) is 7.47. The van der Waals surface area contributed by atoms with Crippen molar-refractivity contribution in [3.63, 3.8) is 0 Å². The lowest BCUT2D eigenvalue weighted by molar-refractivity contribution is 0.406. The molecule has 1 aromatic rings. The van der Waals surface area contributed by atoms with Gasteiger partial charge in [0.1, 0.15) is 0 Å². The molecule has 88 valence electrons. The largest absolute Gasteiger partial charge is 0.327 e. The Labute approximate surface area is 102 Å². The molecular formula is C13H20N2S. The first-order valence-electron chi connectivity index (χ1n) is 6.07. The molecule has 0 saturated carbocycles. The monoisotopic (exact) mass is 236 g/mol. The molecule has 2 rings (SSSR count). The van der Waals surface area contributed by atoms with Crippen molar-refractivity contribution < 1.29 is 0 Å². The van der Waals surface area contributed by atoms with Crippen molar-refractivity contribution in [1.29, 1.82) is 0 Å². The van der Waals surface area contributed by atoms with Gasteiger partial charge in [0, 0.05) is 18.4 Å². The molecule has 2 heterocycles. The molecule has 0 bridgehead atoms. The van der Waals surface area contributed by atoms with Crippen LogP contribution in [0.25, 0.3) is 0 Å². The van der Waals surface area contributed by atoms with Crippen LogP contribution in [-0.2, 0) is 6.42 Å². The van der Waals surface area contributed by atoms with E-state index in [9.17, 15) is 0 Å². The molecule has 0 radical (unpaired) electrons. The second kappa shape index (κ2) is 6.26. The van der Waals surface area contributed by atoms with E-state index < -0.39 is 0 Å². The van der Waals surface area contributed by atoms with E-state index in [0.717, 1.165) is 12.3 Å². The summed E-state index contributed by atoms with van der Waals surface area (Å²) in [7, 11) is 0. The number of nitrogens with two attached hydrogens (primary N) is 1. The van der Waals surface area contributed by atoms with Crippen LogP contribution < -0.4 is 5.73 Å². The molecule has 0 aliphatic carbocycles. The van der Waals surface area contributed by atoms with Gasteiger partial charge in [-0.15, -0.1) is 0 Å². The van der Waals surface area contributed by atoms with Gasteiger partial charge in [-0.2, -0.15) is 11.8 Å². The Morgan fingerprint density at radius 2 is 2.25 bits per heavy atom. The fourth-order valence-corrected chi connectivity index (χ4v) is 3.52. The van der Waals surface area contributed by atoms with Crippen LogP contribution in [0.2, 0.25) is 0 Å². The highest BCUT2D eigenvalue weighted by molar-refractivity contribution is 7.99. The topological polar surface area (TPSA) is 38.9 Å². The SMILES string of the molecule is NC(Cc1cccnc1)CC1CCSCC1. The van der Waals surface area contributed by atoms with Gasteiger partial charge in [0.05, 0.1) is 0 Å². The lowest BCUT2D eigenvalue weighted by Gasteiger charge is -2.24. The summed E-state index contributed by atoms with van der Waals surface area (Å²) in [6, 6.07) is 4.40. The van der Waals surface area contributed by atoms with Crippen LogP contribution >= 0.6 is 11.8 Å². The van der Waals surface area contributed by atoms with E-state index in [2.05, 4.69) is 22.8 Å². The Kier molecular flexibility index (Phi) is 4.67. The summed E-state index contributed by atoms with van der Waals surface area (Å²) in [5.74, 6) is 3.50. The number of pyridine rings is 1. The lowest BCUT2D eigenvalue weighted by Crippen LogP contribution is -2.27. The van der Waals surface area contributed by atoms with Crippen molar-refractivity contribution in [1.82, 2.24) is 4.98 Å². The van der Waals surface area contributed by atoms with E-state index in [1.54, 1.807) is 0 Å². The van der Waals surface area contributed by atoms with Crippen LogP contribution in [0.1, 0.15) is 24.8 Å². The molecule has 2 N–H and O–H groups in total. The van der Waals surface area contributed by atoms with Crippen molar-refractivity contribution in [2.24, 2.45) is 11.7 Å². The minimum Gasteiger partial charge on any atom is -0.327 e. The van der Waals surface area contributed by atoms with Crippen LogP contribution in [0.3, 0.4) is 0 Å². The maximum absolute atomic E-state index is 6.20. The summed E-state index contributed by atoms with van der Waals surface area (Å²) in [6.45, 7) is 0. The van der Waals surface area contributed by atoms with Gasteiger partial charge in [0.25, 0.3) is 0 Å². The van der Waals surface area contributed by atoms with Crippen molar-refractivity contribution in [3.8, 4) is 0 Å². The van der Waals surface area contributed by atoms with Gasteiger partial charge < -0.3 is 5.73 Å². The maximum atomic E-state index is 6.20. The van der Waals surface area contributed by atoms with Crippen molar-refractivity contribution >= 4 is 11.8 Å². The zero-order valence-corrected chi connectivity index (χ0v) is 10.5. The smallest absolute Gasteiger partial charge is 0.0300 e. The molecule has 16 heavy (non-hydrogen) atoms. The second-order valence-corrected chi connectivity index (χ2v) is 5.84. The summed E-state index contributed by atoms with van der Waals surface area (Å²) in [6.07, 6.45) is 8.59. The summed E-state index contributed by atoms with van der Waals surface area (Å²) in [4.78, 5) is 4.13. The van der Waals surface area contributed by atoms with Crippen molar-refractivity contribution in [2.45, 2.75) is 31.7 Å². The van der Waals surface area contributed by atoms with Gasteiger partial charge >= 0.3 is 0 Å². The Morgan fingerprint density at radius 1 is 1.44 bits per heavy atom. The first-order valence-corrected chi connectivity index (χ1v) is 7.22. The number of rotatable bonds is 4. The molecule has 3 heteroatoms. The Hall–Kier alpha value is -0.540. The molecular weight excluding hydrogens is 216 g/mol. The van der Waals surface area contributed by atoms with Gasteiger partial charge in [0.2, 0.25) is 0 Å². The van der Waals surface area contributed by atoms with Crippen LogP contribution in [0.5, 0.6) is 0 Å². The minimum atomic E-state index is 0.303. The molecule has 1 atom stereocenters. The average Bonchev–Trinajstić information content (AvgIpc) is 2.31. The summed E-state index contributed by atoms with van der Waals surface area (Å²) in [5, 5.41) is 0. The molecule has 1 fully saturated rings. The molecule has 1 unspecified atom stereocenters. The average molecular weight is 236 g/mol. The molecule has 0 aromatic carbocycles. The number of thioether (sulfide) groups is 1. The molecule has 1 aromatic heterocycles. The third-order valence-corrected chi connectivity index (χ3v) is 4.25. The number of aromatic nitrogens is 1. The van der Waals surface area contributed by atoms with Crippen LogP contribution in [0, 0.1) is 5.92 Å². The van der Waals surface area contributed by atoms with Gasteiger partial charge in [-0.05, 0) is 54.7 Å². The van der Waals surface area contributed by atoms with Crippen LogP contribution in [0.4, 0.5) is 0 Å². The fraction of sp³-hybridized carbons (Fsp3) is 0.615. The van der Waals surface area contributed by atoms with E-state index in [1.165, 1.54) is 36.3 Å². The molecule has 1 aliphatic rings. The molecule has 2 nitrogen and oxygen atoms in total. The van der Waals surface area contributed by atoms with Gasteiger partial charge in [-0.1, -0.05) is 6.07 Å². The van der Waals surface area contributed by atoms with Crippen LogP contribution in [-0.4, -0.2) is 22.5 Å². The molecule has 1 saturated heterocycles. The Balaban J connectivity index is 1.77. The zero-order valence-electron chi connectivity index (χ0n) is 9.64. The third kappa shape index (κ3) is 3.80. The van der Waals surface area contributed by atoms with Gasteiger partial charge in [-0.25, -0.2) is 0 Å². The summed E-state index contributed by atoms with van der Waals surface area (Å²) >= 11 is 2.08. The number of hydrogen-bond donors (Lipinski definition) is 1. The lowest BCUT2D eigenvalue weighted by atomic mass is 9.92. The number of hydrogen-bond acceptors (Lipinski definition) is 3. The zero-order chi connectivity index (χ0) is 11.2. The highest BCUT2D eigenvalue weighted by Crippen LogP contribution is 2.26. The minimum absolute atomic E-state index is 0.303. The first-order chi connectivity index (χ1) is 7.84. The van der Waals surface area contributed by atoms with Gasteiger partial charge in [0.15, 0.2) is 0 Å². The highest BCUT2D eigenvalue weighted by Gasteiger charge is 2.17. The standard InChI is InChI=1S/C13H20N2S/c14-13(8-11-3-6-16-7-4-11)9-12-2-1-5-15-10-12/h1-2,5,10-11,13H,3-4,6-9,14H2. The maximum Gasteiger partial charge on any atom is 0.0300 e. The predicted molar refractivity (Wildman–Crippen MR) is 70.6 cm³/mol. The molecule has 0 spiro atoms. The first kappa shape index (κ1) is 11.9. The molecule has 1 aliphatic heterocycles. The van der Waals surface area contributed by atoms with E-state index in [0.29, 0.717) is 6.04 Å². The quantitative estimate of drug-likeness (QED) is 0.873. The Bertz CT molecular complexity index is 296. The van der Waals surface area contributed by atoms with E-state index in [4.69, 9.17) is 5.73 Å².